The molecule has 0 aliphatic heterocycles. The van der Waals surface area contributed by atoms with Crippen LogP contribution in [0.1, 0.15) is 22.6 Å². The smallest absolute Gasteiger partial charge is 0.262 e. The van der Waals surface area contributed by atoms with Gasteiger partial charge in [-0.15, -0.1) is 10.2 Å². The fourth-order valence-electron chi connectivity index (χ4n) is 3.33. The van der Waals surface area contributed by atoms with Crippen molar-refractivity contribution in [3.05, 3.63) is 58.6 Å². The Balaban J connectivity index is 0.000000403. The lowest BCUT2D eigenvalue weighted by Crippen LogP contribution is -2.68. The fourth-order valence-corrected chi connectivity index (χ4v) is 4.45. The first-order valence-corrected chi connectivity index (χ1v) is 10.7. The number of thiazole rings is 1. The second-order valence-corrected chi connectivity index (χ2v) is 8.57. The van der Waals surface area contributed by atoms with E-state index in [1.54, 1.807) is 0 Å². The van der Waals surface area contributed by atoms with E-state index in [1.165, 1.54) is 37.6 Å². The molecule has 1 aromatic heterocycles. The van der Waals surface area contributed by atoms with Gasteiger partial charge in [0.2, 0.25) is 5.52 Å². The first kappa shape index (κ1) is 20.7. The van der Waals surface area contributed by atoms with E-state index in [0.717, 1.165) is 12.8 Å². The van der Waals surface area contributed by atoms with Crippen LogP contribution in [0, 0.1) is 10.2 Å². The number of benzene rings is 2. The van der Waals surface area contributed by atoms with Gasteiger partial charge in [0.15, 0.2) is 0 Å². The molecule has 0 radical (unpaired) electrons. The Hall–Kier alpha value is -2.00. The molecule has 6 nitrogen and oxygen atoms in total. The van der Waals surface area contributed by atoms with Crippen molar-refractivity contribution in [3.8, 4) is 0 Å². The zero-order chi connectivity index (χ0) is 20.5. The minimum absolute atomic E-state index is 1.14. The minimum Gasteiger partial charge on any atom is -0.378 e. The molecule has 0 saturated carbocycles. The molecule has 0 atom stereocenters. The number of para-hydroxylation sites is 1. The molecule has 4 rings (SSSR count). The molecule has 2 aromatic carbocycles. The normalized spacial score (nSPS) is 14.8. The molecule has 28 heavy (non-hydrogen) atoms. The van der Waals surface area contributed by atoms with Crippen LogP contribution in [0.15, 0.2) is 42.5 Å². The van der Waals surface area contributed by atoms with Gasteiger partial charge in [0.25, 0.3) is 5.01 Å². The monoisotopic (exact) mass is 420 g/mol. The van der Waals surface area contributed by atoms with Crippen LogP contribution in [-0.2, 0) is 13.5 Å². The number of aryl methyl sites for hydroxylation is 2. The van der Waals surface area contributed by atoms with Crippen LogP contribution in [0.5, 0.6) is 0 Å². The molecule has 0 amide bonds. The van der Waals surface area contributed by atoms with Crippen molar-refractivity contribution in [3.63, 3.8) is 0 Å². The molecular formula is C20H21ClN2O4S. The van der Waals surface area contributed by atoms with Crippen LogP contribution in [-0.4, -0.2) is 14.1 Å². The van der Waals surface area contributed by atoms with Crippen LogP contribution < -0.4 is 28.1 Å². The number of anilines is 1. The number of rotatable bonds is 2. The van der Waals surface area contributed by atoms with Gasteiger partial charge in [0, 0.05) is 31.9 Å². The molecule has 8 heteroatoms. The Bertz CT molecular complexity index is 1020. The summed E-state index contributed by atoms with van der Waals surface area (Å²) in [6.07, 6.45) is 4.67. The minimum atomic E-state index is -4.94. The number of hydrogen-bond donors (Lipinski definition) is 0. The largest absolute Gasteiger partial charge is 0.378 e. The number of hydrogen-bond acceptors (Lipinski definition) is 6. The molecule has 1 heterocycles. The standard InChI is InChI=1S/C20H21N2S.ClHO4/c1-21(2)16-10-11-17-14(12-16)8-9-15(17)13-20-22(3)18-6-4-5-7-19(18)23-20;2-1(3,4)5/h4-7,10-13H,8-9H2,1-3H3;(H,2,3,4,5)/q+1;/p-1. The van der Waals surface area contributed by atoms with Crippen molar-refractivity contribution in [2.75, 3.05) is 19.0 Å². The van der Waals surface area contributed by atoms with Gasteiger partial charge in [-0.05, 0) is 47.7 Å². The van der Waals surface area contributed by atoms with E-state index in [-0.39, 0.29) is 0 Å². The molecule has 0 fully saturated rings. The highest BCUT2D eigenvalue weighted by Gasteiger charge is 2.20. The van der Waals surface area contributed by atoms with Gasteiger partial charge < -0.3 is 4.90 Å². The van der Waals surface area contributed by atoms with Gasteiger partial charge in [0.1, 0.15) is 11.7 Å². The summed E-state index contributed by atoms with van der Waals surface area (Å²) in [5.74, 6) is 0. The topological polar surface area (TPSA) is 99.4 Å². The number of nitrogens with zero attached hydrogens (tertiary/aromatic N) is 2. The van der Waals surface area contributed by atoms with Gasteiger partial charge >= 0.3 is 0 Å². The molecule has 0 bridgehead atoms. The van der Waals surface area contributed by atoms with E-state index in [9.17, 15) is 0 Å². The maximum atomic E-state index is 8.49. The van der Waals surface area contributed by atoms with E-state index in [2.05, 4.69) is 79.2 Å². The highest BCUT2D eigenvalue weighted by molar-refractivity contribution is 7.18. The van der Waals surface area contributed by atoms with Gasteiger partial charge in [-0.25, -0.2) is 18.6 Å². The van der Waals surface area contributed by atoms with Crippen LogP contribution >= 0.6 is 11.3 Å². The SMILES string of the molecule is CN(C)c1ccc2c(c1)CC/C2=C\c1sc2ccccc2[n+]1C.[O-][Cl+3]([O-])([O-])[O-]. The van der Waals surface area contributed by atoms with Crippen molar-refractivity contribution in [1.29, 1.82) is 0 Å². The molecule has 0 unspecified atom stereocenters. The Morgan fingerprint density at radius 2 is 1.71 bits per heavy atom. The summed E-state index contributed by atoms with van der Waals surface area (Å²) in [6.45, 7) is 0. The average molecular weight is 421 g/mol. The third-order valence-corrected chi connectivity index (χ3v) is 5.85. The average Bonchev–Trinajstić information content (AvgIpc) is 3.15. The van der Waals surface area contributed by atoms with Crippen LogP contribution in [0.2, 0.25) is 0 Å². The van der Waals surface area contributed by atoms with Crippen molar-refractivity contribution < 1.29 is 33.4 Å². The molecule has 1 aliphatic carbocycles. The van der Waals surface area contributed by atoms with E-state index >= 15 is 0 Å². The summed E-state index contributed by atoms with van der Waals surface area (Å²) in [7, 11) is 1.42. The second kappa shape index (κ2) is 8.16. The zero-order valence-electron chi connectivity index (χ0n) is 15.8. The third kappa shape index (κ3) is 4.88. The quantitative estimate of drug-likeness (QED) is 0.521. The lowest BCUT2D eigenvalue weighted by Gasteiger charge is -2.17. The maximum Gasteiger partial charge on any atom is 0.262 e. The van der Waals surface area contributed by atoms with E-state index in [4.69, 9.17) is 18.6 Å². The first-order chi connectivity index (χ1) is 13.1. The highest BCUT2D eigenvalue weighted by atomic mass is 35.7. The van der Waals surface area contributed by atoms with Crippen LogP contribution in [0.4, 0.5) is 5.69 Å². The number of allylic oxidation sites excluding steroid dienone is 1. The summed E-state index contributed by atoms with van der Waals surface area (Å²) in [5, 5.41) is 1.32. The molecule has 0 N–H and O–H groups in total. The predicted octanol–water partition coefficient (Wildman–Crippen LogP) is -0.477. The first-order valence-electron chi connectivity index (χ1n) is 8.64. The van der Waals surface area contributed by atoms with Gasteiger partial charge in [-0.2, -0.15) is 4.57 Å². The zero-order valence-corrected chi connectivity index (χ0v) is 17.4. The summed E-state index contributed by atoms with van der Waals surface area (Å²) >= 11 is 1.87. The van der Waals surface area contributed by atoms with E-state index < -0.39 is 10.2 Å². The molecular weight excluding hydrogens is 400 g/mol. The van der Waals surface area contributed by atoms with Gasteiger partial charge in [-0.1, -0.05) is 29.5 Å². The fraction of sp³-hybridized carbons (Fsp3) is 0.250. The van der Waals surface area contributed by atoms with Crippen LogP contribution in [0.25, 0.3) is 21.9 Å². The van der Waals surface area contributed by atoms with Crippen molar-refractivity contribution >= 4 is 38.9 Å². The molecule has 0 saturated heterocycles. The third-order valence-electron chi connectivity index (χ3n) is 4.68. The number of aromatic nitrogens is 1. The number of halogens is 1. The van der Waals surface area contributed by atoms with Gasteiger partial charge in [-0.3, -0.25) is 0 Å². The molecule has 148 valence electrons. The van der Waals surface area contributed by atoms with Crippen molar-refractivity contribution in [1.82, 2.24) is 0 Å². The second-order valence-electron chi connectivity index (χ2n) is 6.75. The highest BCUT2D eigenvalue weighted by Crippen LogP contribution is 2.36. The summed E-state index contributed by atoms with van der Waals surface area (Å²) in [6, 6.07) is 15.5. The Labute approximate surface area is 170 Å². The Morgan fingerprint density at radius 1 is 1.04 bits per heavy atom. The molecule has 0 spiro atoms. The molecule has 1 aliphatic rings. The lowest BCUT2D eigenvalue weighted by atomic mass is 10.1. The Kier molecular flexibility index (Phi) is 6.04. The van der Waals surface area contributed by atoms with E-state index in [0.29, 0.717) is 0 Å². The van der Waals surface area contributed by atoms with E-state index in [1.807, 2.05) is 11.3 Å². The summed E-state index contributed by atoms with van der Waals surface area (Å²) in [5.41, 5.74) is 6.97. The summed E-state index contributed by atoms with van der Waals surface area (Å²) < 4.78 is 37.6. The van der Waals surface area contributed by atoms with Crippen molar-refractivity contribution in [2.24, 2.45) is 7.05 Å². The summed E-state index contributed by atoms with van der Waals surface area (Å²) in [4.78, 5) is 2.17. The van der Waals surface area contributed by atoms with Crippen LogP contribution in [0.3, 0.4) is 0 Å². The number of fused-ring (bicyclic) bond motifs is 2. The lowest BCUT2D eigenvalue weighted by molar-refractivity contribution is -2.00. The molecule has 3 aromatic rings. The maximum absolute atomic E-state index is 8.49. The Morgan fingerprint density at radius 3 is 2.36 bits per heavy atom. The van der Waals surface area contributed by atoms with Crippen molar-refractivity contribution in [2.45, 2.75) is 12.8 Å². The van der Waals surface area contributed by atoms with Gasteiger partial charge in [0.05, 0.1) is 0 Å². The predicted molar refractivity (Wildman–Crippen MR) is 100.0 cm³/mol.